The van der Waals surface area contributed by atoms with Crippen molar-refractivity contribution in [3.63, 3.8) is 0 Å². The van der Waals surface area contributed by atoms with Crippen molar-refractivity contribution in [3.05, 3.63) is 53.6 Å². The Labute approximate surface area is 176 Å². The number of carbonyl (C=O) groups is 1. The second-order valence-electron chi connectivity index (χ2n) is 7.45. The number of hydrogen-bond acceptors (Lipinski definition) is 4. The molecule has 3 aromatic rings. The summed E-state index contributed by atoms with van der Waals surface area (Å²) in [5.41, 5.74) is 1.68. The van der Waals surface area contributed by atoms with Gasteiger partial charge in [0.1, 0.15) is 5.82 Å². The zero-order valence-corrected chi connectivity index (χ0v) is 17.3. The third-order valence-electron chi connectivity index (χ3n) is 5.04. The normalized spacial score (nSPS) is 13.4. The van der Waals surface area contributed by atoms with Crippen LogP contribution in [0.1, 0.15) is 32.6 Å². The van der Waals surface area contributed by atoms with Gasteiger partial charge in [-0.05, 0) is 43.5 Å². The first kappa shape index (κ1) is 19.6. The predicted octanol–water partition coefficient (Wildman–Crippen LogP) is 4.84. The van der Waals surface area contributed by atoms with Gasteiger partial charge in [0.2, 0.25) is 5.91 Å². The second kappa shape index (κ2) is 8.78. The van der Waals surface area contributed by atoms with Gasteiger partial charge in [0.15, 0.2) is 5.82 Å². The molecule has 1 aliphatic carbocycles. The molecule has 1 heterocycles. The zero-order valence-electron chi connectivity index (χ0n) is 16.6. The molecule has 0 atom stereocenters. The van der Waals surface area contributed by atoms with Crippen molar-refractivity contribution < 1.29 is 4.79 Å². The van der Waals surface area contributed by atoms with E-state index in [0.29, 0.717) is 29.9 Å². The molecule has 2 aromatic carbocycles. The highest BCUT2D eigenvalue weighted by Gasteiger charge is 2.23. The van der Waals surface area contributed by atoms with Gasteiger partial charge in [0.25, 0.3) is 0 Å². The first-order valence-corrected chi connectivity index (χ1v) is 10.6. The molecule has 6 heteroatoms. The summed E-state index contributed by atoms with van der Waals surface area (Å²) in [5.74, 6) is 1.57. The van der Waals surface area contributed by atoms with Crippen LogP contribution in [0.25, 0.3) is 22.3 Å². The largest absolute Gasteiger partial charge is 0.355 e. The number of carbonyl (C=O) groups excluding carboxylic acids is 1. The molecule has 150 valence electrons. The molecule has 1 saturated carbocycles. The third-order valence-corrected chi connectivity index (χ3v) is 5.37. The van der Waals surface area contributed by atoms with Crippen LogP contribution in [0.2, 0.25) is 5.02 Å². The summed E-state index contributed by atoms with van der Waals surface area (Å²) in [5, 5.41) is 4.68. The topological polar surface area (TPSA) is 58.1 Å². The molecule has 1 fully saturated rings. The van der Waals surface area contributed by atoms with Gasteiger partial charge in [-0.15, -0.1) is 0 Å². The summed E-state index contributed by atoms with van der Waals surface area (Å²) in [6.07, 6.45) is 3.62. The maximum absolute atomic E-state index is 12.2. The molecule has 1 amide bonds. The highest BCUT2D eigenvalue weighted by molar-refractivity contribution is 6.33. The summed E-state index contributed by atoms with van der Waals surface area (Å²) in [6.45, 7) is 3.57. The van der Waals surface area contributed by atoms with E-state index in [2.05, 4.69) is 17.1 Å². The number of amides is 1. The average molecular weight is 409 g/mol. The Hall–Kier alpha value is -2.66. The van der Waals surface area contributed by atoms with Crippen LogP contribution in [-0.4, -0.2) is 35.0 Å². The van der Waals surface area contributed by atoms with Crippen LogP contribution >= 0.6 is 11.6 Å². The Balaban J connectivity index is 1.70. The van der Waals surface area contributed by atoms with Crippen molar-refractivity contribution in [2.75, 3.05) is 18.0 Å². The standard InChI is InChI=1S/C23H25ClN4O/c1-2-14-28(15-13-21(29)25-16-11-12-16)23-18-8-4-6-10-20(18)26-22(27-23)17-7-3-5-9-19(17)24/h3-10,16H,2,11-15H2,1H3,(H,25,29). The van der Waals surface area contributed by atoms with Crippen LogP contribution in [0.3, 0.4) is 0 Å². The Morgan fingerprint density at radius 1 is 1.10 bits per heavy atom. The highest BCUT2D eigenvalue weighted by Crippen LogP contribution is 2.31. The van der Waals surface area contributed by atoms with E-state index < -0.39 is 0 Å². The number of nitrogens with one attached hydrogen (secondary N) is 1. The molecule has 1 N–H and O–H groups in total. The van der Waals surface area contributed by atoms with Gasteiger partial charge in [0, 0.05) is 36.5 Å². The van der Waals surface area contributed by atoms with E-state index in [4.69, 9.17) is 21.6 Å². The van der Waals surface area contributed by atoms with E-state index in [-0.39, 0.29) is 5.91 Å². The minimum absolute atomic E-state index is 0.110. The molecule has 29 heavy (non-hydrogen) atoms. The van der Waals surface area contributed by atoms with Crippen molar-refractivity contribution in [3.8, 4) is 11.4 Å². The van der Waals surface area contributed by atoms with Gasteiger partial charge in [-0.2, -0.15) is 0 Å². The molecule has 0 saturated heterocycles. The van der Waals surface area contributed by atoms with Crippen LogP contribution < -0.4 is 10.2 Å². The highest BCUT2D eigenvalue weighted by atomic mass is 35.5. The summed E-state index contributed by atoms with van der Waals surface area (Å²) < 4.78 is 0. The summed E-state index contributed by atoms with van der Waals surface area (Å²) in [4.78, 5) is 24.1. The number of halogens is 1. The lowest BCUT2D eigenvalue weighted by Gasteiger charge is -2.25. The van der Waals surface area contributed by atoms with Gasteiger partial charge in [-0.1, -0.05) is 42.8 Å². The molecule has 0 spiro atoms. The lowest BCUT2D eigenvalue weighted by atomic mass is 10.1. The zero-order chi connectivity index (χ0) is 20.2. The van der Waals surface area contributed by atoms with Crippen LogP contribution in [0.4, 0.5) is 5.82 Å². The number of rotatable bonds is 8. The first-order chi connectivity index (χ1) is 14.2. The van der Waals surface area contributed by atoms with E-state index >= 15 is 0 Å². The lowest BCUT2D eigenvalue weighted by molar-refractivity contribution is -0.121. The molecular formula is C23H25ClN4O. The molecule has 0 bridgehead atoms. The molecule has 0 aliphatic heterocycles. The third kappa shape index (κ3) is 4.67. The van der Waals surface area contributed by atoms with Gasteiger partial charge in [-0.3, -0.25) is 4.79 Å². The Kier molecular flexibility index (Phi) is 5.95. The number of hydrogen-bond donors (Lipinski definition) is 1. The average Bonchev–Trinajstić information content (AvgIpc) is 3.54. The smallest absolute Gasteiger partial charge is 0.221 e. The minimum atomic E-state index is 0.110. The van der Waals surface area contributed by atoms with Crippen LogP contribution in [-0.2, 0) is 4.79 Å². The summed E-state index contributed by atoms with van der Waals surface area (Å²) >= 11 is 6.41. The second-order valence-corrected chi connectivity index (χ2v) is 7.85. The number of nitrogens with zero attached hydrogens (tertiary/aromatic N) is 3. The van der Waals surface area contributed by atoms with Crippen molar-refractivity contribution in [1.29, 1.82) is 0 Å². The number of aromatic nitrogens is 2. The maximum atomic E-state index is 12.2. The fourth-order valence-corrected chi connectivity index (χ4v) is 3.64. The SMILES string of the molecule is CCCN(CCC(=O)NC1CC1)c1nc(-c2ccccc2Cl)nc2ccccc12. The molecule has 5 nitrogen and oxygen atoms in total. The number of para-hydroxylation sites is 1. The lowest BCUT2D eigenvalue weighted by Crippen LogP contribution is -2.33. The maximum Gasteiger partial charge on any atom is 0.221 e. The van der Waals surface area contributed by atoms with Gasteiger partial charge in [-0.25, -0.2) is 9.97 Å². The number of anilines is 1. The Morgan fingerprint density at radius 2 is 1.86 bits per heavy atom. The minimum Gasteiger partial charge on any atom is -0.355 e. The van der Waals surface area contributed by atoms with Crippen LogP contribution in [0, 0.1) is 0 Å². The number of fused-ring (bicyclic) bond motifs is 1. The Morgan fingerprint density at radius 3 is 2.62 bits per heavy atom. The van der Waals surface area contributed by atoms with E-state index in [9.17, 15) is 4.79 Å². The summed E-state index contributed by atoms with van der Waals surface area (Å²) in [6, 6.07) is 16.0. The van der Waals surface area contributed by atoms with Gasteiger partial charge in [0.05, 0.1) is 10.5 Å². The van der Waals surface area contributed by atoms with E-state index in [1.54, 1.807) is 0 Å². The van der Waals surface area contributed by atoms with E-state index in [1.807, 2.05) is 48.5 Å². The van der Waals surface area contributed by atoms with E-state index in [1.165, 1.54) is 0 Å². The van der Waals surface area contributed by atoms with Crippen molar-refractivity contribution in [2.24, 2.45) is 0 Å². The molecule has 4 rings (SSSR count). The molecule has 1 aromatic heterocycles. The molecule has 0 unspecified atom stereocenters. The van der Waals surface area contributed by atoms with Crippen molar-refractivity contribution in [2.45, 2.75) is 38.6 Å². The quantitative estimate of drug-likeness (QED) is 0.579. The van der Waals surface area contributed by atoms with Crippen molar-refractivity contribution in [1.82, 2.24) is 15.3 Å². The fourth-order valence-electron chi connectivity index (χ4n) is 3.42. The fraction of sp³-hybridized carbons (Fsp3) is 0.348. The van der Waals surface area contributed by atoms with Gasteiger partial charge >= 0.3 is 0 Å². The van der Waals surface area contributed by atoms with Crippen LogP contribution in [0.15, 0.2) is 48.5 Å². The van der Waals surface area contributed by atoms with Gasteiger partial charge < -0.3 is 10.2 Å². The van der Waals surface area contributed by atoms with Crippen molar-refractivity contribution >= 4 is 34.2 Å². The summed E-state index contributed by atoms with van der Waals surface area (Å²) in [7, 11) is 0. The van der Waals surface area contributed by atoms with E-state index in [0.717, 1.165) is 48.1 Å². The molecular weight excluding hydrogens is 384 g/mol. The Bertz CT molecular complexity index is 1020. The van der Waals surface area contributed by atoms with Crippen LogP contribution in [0.5, 0.6) is 0 Å². The first-order valence-electron chi connectivity index (χ1n) is 10.2. The predicted molar refractivity (Wildman–Crippen MR) is 118 cm³/mol. The molecule has 0 radical (unpaired) electrons. The molecule has 1 aliphatic rings. The monoisotopic (exact) mass is 408 g/mol. The number of benzene rings is 2.